The Morgan fingerprint density at radius 1 is 1.80 bits per heavy atom. The number of ether oxygens (including phenoxy) is 1. The van der Waals surface area contributed by atoms with Crippen LogP contribution >= 0.6 is 0 Å². The first kappa shape index (κ1) is 9.10. The fourth-order valence-corrected chi connectivity index (χ4v) is 0.344. The first-order chi connectivity index (χ1) is 4.72. The molecule has 0 aliphatic carbocycles. The van der Waals surface area contributed by atoms with Crippen molar-refractivity contribution >= 4 is 12.3 Å². The highest BCUT2D eigenvalue weighted by atomic mass is 16.5. The van der Waals surface area contributed by atoms with Crippen molar-refractivity contribution in [3.8, 4) is 0 Å². The van der Waals surface area contributed by atoms with Gasteiger partial charge in [0.1, 0.15) is 0 Å². The third-order valence-electron chi connectivity index (χ3n) is 0.819. The Hall–Kier alpha value is -0.900. The van der Waals surface area contributed by atoms with Crippen LogP contribution < -0.4 is 0 Å². The Bertz CT molecular complexity index is 121. The number of carbonyl (C=O) groups excluding carboxylic acids is 2. The van der Waals surface area contributed by atoms with Crippen LogP contribution in [0.25, 0.3) is 0 Å². The lowest BCUT2D eigenvalue weighted by atomic mass is 10.4. The normalized spacial score (nSPS) is 12.2. The van der Waals surface area contributed by atoms with E-state index in [0.29, 0.717) is 6.42 Å². The van der Waals surface area contributed by atoms with E-state index >= 15 is 0 Å². The molecule has 1 N–H and O–H groups in total. The Morgan fingerprint density at radius 3 is 2.80 bits per heavy atom. The quantitative estimate of drug-likeness (QED) is 0.330. The van der Waals surface area contributed by atoms with Crippen LogP contribution in [-0.4, -0.2) is 30.1 Å². The lowest BCUT2D eigenvalue weighted by molar-refractivity contribution is -0.154. The highest BCUT2D eigenvalue weighted by Gasteiger charge is 2.13. The van der Waals surface area contributed by atoms with E-state index in [1.54, 1.807) is 0 Å². The third-order valence-corrected chi connectivity index (χ3v) is 0.819. The fourth-order valence-electron chi connectivity index (χ4n) is 0.344. The van der Waals surface area contributed by atoms with Gasteiger partial charge >= 0.3 is 5.97 Å². The molecular formula is C6H10O4. The maximum atomic E-state index is 10.4. The minimum absolute atomic E-state index is 0.137. The average molecular weight is 146 g/mol. The first-order valence-electron chi connectivity index (χ1n) is 3.02. The number of hydrogen-bond acceptors (Lipinski definition) is 4. The number of hydrogen-bond donors (Lipinski definition) is 1. The summed E-state index contributed by atoms with van der Waals surface area (Å²) < 4.78 is 4.42. The van der Waals surface area contributed by atoms with Crippen molar-refractivity contribution in [2.45, 2.75) is 19.4 Å². The number of carbonyl (C=O) groups is 2. The number of aldehydes is 1. The van der Waals surface area contributed by atoms with E-state index in [1.807, 2.05) is 6.92 Å². The molecule has 0 heterocycles. The molecule has 4 heteroatoms. The van der Waals surface area contributed by atoms with Gasteiger partial charge in [-0.2, -0.15) is 0 Å². The fraction of sp³-hybridized carbons (Fsp3) is 0.667. The molecule has 58 valence electrons. The smallest absolute Gasteiger partial charge is 0.342 e. The van der Waals surface area contributed by atoms with Crippen molar-refractivity contribution in [1.29, 1.82) is 0 Å². The molecule has 0 aliphatic rings. The summed E-state index contributed by atoms with van der Waals surface area (Å²) in [6.07, 6.45) is -0.804. The second-order valence-electron chi connectivity index (χ2n) is 1.75. The molecule has 0 aromatic rings. The van der Waals surface area contributed by atoms with Crippen LogP contribution in [-0.2, 0) is 14.3 Å². The van der Waals surface area contributed by atoms with Crippen LogP contribution in [0.15, 0.2) is 0 Å². The second kappa shape index (κ2) is 4.93. The van der Waals surface area contributed by atoms with Crippen LogP contribution in [0.3, 0.4) is 0 Å². The molecule has 0 rings (SSSR count). The van der Waals surface area contributed by atoms with Gasteiger partial charge in [0, 0.05) is 0 Å². The van der Waals surface area contributed by atoms with Crippen LogP contribution in [0.5, 0.6) is 0 Å². The summed E-state index contributed by atoms with van der Waals surface area (Å²) in [6.45, 7) is 2.06. The Labute approximate surface area is 58.8 Å². The number of aliphatic hydroxyl groups excluding tert-OH is 1. The number of aliphatic hydroxyl groups is 1. The van der Waals surface area contributed by atoms with Gasteiger partial charge in [-0.25, -0.2) is 4.79 Å². The SMILES string of the molecule is CCCOC(=O)C(O)C=O. The Morgan fingerprint density at radius 2 is 2.40 bits per heavy atom. The zero-order valence-electron chi connectivity index (χ0n) is 5.74. The molecule has 0 bridgehead atoms. The van der Waals surface area contributed by atoms with Crippen LogP contribution in [0.4, 0.5) is 0 Å². The Kier molecular flexibility index (Phi) is 4.49. The van der Waals surface area contributed by atoms with Crippen molar-refractivity contribution in [2.24, 2.45) is 0 Å². The monoisotopic (exact) mass is 146 g/mol. The van der Waals surface area contributed by atoms with Crippen molar-refractivity contribution in [3.63, 3.8) is 0 Å². The molecule has 0 spiro atoms. The molecule has 0 saturated heterocycles. The maximum Gasteiger partial charge on any atom is 0.342 e. The zero-order chi connectivity index (χ0) is 7.98. The second-order valence-corrected chi connectivity index (χ2v) is 1.75. The van der Waals surface area contributed by atoms with Gasteiger partial charge in [-0.3, -0.25) is 4.79 Å². The van der Waals surface area contributed by atoms with E-state index in [9.17, 15) is 9.59 Å². The molecule has 0 aromatic carbocycles. The lowest BCUT2D eigenvalue weighted by Gasteiger charge is -2.02. The van der Waals surface area contributed by atoms with Crippen LogP contribution in [0, 0.1) is 0 Å². The number of esters is 1. The molecule has 0 aromatic heterocycles. The molecule has 1 unspecified atom stereocenters. The highest BCUT2D eigenvalue weighted by molar-refractivity contribution is 5.90. The molecule has 0 saturated carbocycles. The van der Waals surface area contributed by atoms with Crippen molar-refractivity contribution in [1.82, 2.24) is 0 Å². The summed E-state index contributed by atoms with van der Waals surface area (Å²) in [5, 5.41) is 8.51. The van der Waals surface area contributed by atoms with Crippen molar-refractivity contribution in [2.75, 3.05) is 6.61 Å². The summed E-state index contributed by atoms with van der Waals surface area (Å²) in [7, 11) is 0. The molecule has 4 nitrogen and oxygen atoms in total. The van der Waals surface area contributed by atoms with E-state index in [-0.39, 0.29) is 12.9 Å². The molecule has 0 fully saturated rings. The van der Waals surface area contributed by atoms with E-state index in [1.165, 1.54) is 0 Å². The molecule has 1 atom stereocenters. The van der Waals surface area contributed by atoms with Gasteiger partial charge in [0.15, 0.2) is 6.29 Å². The third kappa shape index (κ3) is 3.19. The predicted octanol–water partition coefficient (Wildman–Crippen LogP) is -0.501. The number of rotatable bonds is 4. The Balaban J connectivity index is 3.51. The molecule has 0 aliphatic heterocycles. The van der Waals surface area contributed by atoms with E-state index in [4.69, 9.17) is 5.11 Å². The van der Waals surface area contributed by atoms with Crippen molar-refractivity contribution in [3.05, 3.63) is 0 Å². The summed E-state index contributed by atoms with van der Waals surface area (Å²) >= 11 is 0. The standard InChI is InChI=1S/C6H10O4/c1-2-3-10-6(9)5(8)4-7/h4-5,8H,2-3H2,1H3. The lowest BCUT2D eigenvalue weighted by Crippen LogP contribution is -2.24. The summed E-state index contributed by atoms with van der Waals surface area (Å²) in [6, 6.07) is 0. The first-order valence-corrected chi connectivity index (χ1v) is 3.02. The van der Waals surface area contributed by atoms with Gasteiger partial charge in [0.05, 0.1) is 6.61 Å². The highest BCUT2D eigenvalue weighted by Crippen LogP contribution is 1.86. The predicted molar refractivity (Wildman–Crippen MR) is 33.3 cm³/mol. The van der Waals surface area contributed by atoms with Gasteiger partial charge in [-0.05, 0) is 6.42 Å². The molecule has 10 heavy (non-hydrogen) atoms. The van der Waals surface area contributed by atoms with Gasteiger partial charge in [-0.15, -0.1) is 0 Å². The van der Waals surface area contributed by atoms with Crippen LogP contribution in [0.1, 0.15) is 13.3 Å². The van der Waals surface area contributed by atoms with E-state index in [2.05, 4.69) is 4.74 Å². The minimum atomic E-state index is -1.62. The largest absolute Gasteiger partial charge is 0.463 e. The van der Waals surface area contributed by atoms with Gasteiger partial charge in [0.2, 0.25) is 6.10 Å². The molecule has 0 amide bonds. The molecular weight excluding hydrogens is 136 g/mol. The van der Waals surface area contributed by atoms with Gasteiger partial charge in [-0.1, -0.05) is 6.92 Å². The van der Waals surface area contributed by atoms with E-state index < -0.39 is 12.1 Å². The maximum absolute atomic E-state index is 10.4. The van der Waals surface area contributed by atoms with Crippen LogP contribution in [0.2, 0.25) is 0 Å². The summed E-state index contributed by atoms with van der Waals surface area (Å²) in [4.78, 5) is 20.2. The van der Waals surface area contributed by atoms with Crippen molar-refractivity contribution < 1.29 is 19.4 Å². The summed E-state index contributed by atoms with van der Waals surface area (Å²) in [5.74, 6) is -0.878. The van der Waals surface area contributed by atoms with Gasteiger partial charge < -0.3 is 9.84 Å². The minimum Gasteiger partial charge on any atom is -0.463 e. The average Bonchev–Trinajstić information content (AvgIpc) is 1.98. The topological polar surface area (TPSA) is 63.6 Å². The van der Waals surface area contributed by atoms with Gasteiger partial charge in [0.25, 0.3) is 0 Å². The van der Waals surface area contributed by atoms with E-state index in [0.717, 1.165) is 0 Å². The zero-order valence-corrected chi connectivity index (χ0v) is 5.74. The summed E-state index contributed by atoms with van der Waals surface area (Å²) in [5.41, 5.74) is 0. The molecule has 0 radical (unpaired) electrons.